The highest BCUT2D eigenvalue weighted by atomic mass is 16.5. The van der Waals surface area contributed by atoms with Crippen LogP contribution in [0.2, 0.25) is 0 Å². The number of hydrogen-bond donors (Lipinski definition) is 1. The molecule has 98 valence electrons. The number of carboxylic acid groups (broad SMARTS) is 1. The van der Waals surface area contributed by atoms with Crippen LogP contribution in [0.15, 0.2) is 24.4 Å². The van der Waals surface area contributed by atoms with E-state index in [0.717, 1.165) is 16.7 Å². The zero-order valence-corrected chi connectivity index (χ0v) is 11.0. The standard InChI is InChI=1S/C14H14N2O3/c1-8-6-10(12(19-3)7-9(8)2)11-4-5-15-13(16-11)14(17)18/h4-7H,1-3H3,(H,17,18). The normalized spacial score (nSPS) is 10.3. The van der Waals surface area contributed by atoms with E-state index in [-0.39, 0.29) is 5.82 Å². The van der Waals surface area contributed by atoms with Gasteiger partial charge in [-0.05, 0) is 43.2 Å². The second-order valence-electron chi connectivity index (χ2n) is 4.21. The fourth-order valence-electron chi connectivity index (χ4n) is 1.77. The van der Waals surface area contributed by atoms with Crippen molar-refractivity contribution in [3.05, 3.63) is 41.3 Å². The fraction of sp³-hybridized carbons (Fsp3) is 0.214. The predicted octanol–water partition coefficient (Wildman–Crippen LogP) is 2.47. The van der Waals surface area contributed by atoms with Crippen LogP contribution in [-0.2, 0) is 0 Å². The Hall–Kier alpha value is -2.43. The number of hydrogen-bond acceptors (Lipinski definition) is 4. The van der Waals surface area contributed by atoms with E-state index in [1.165, 1.54) is 6.20 Å². The Balaban J connectivity index is 2.61. The maximum Gasteiger partial charge on any atom is 0.373 e. The SMILES string of the molecule is COc1cc(C)c(C)cc1-c1ccnc(C(=O)O)n1. The van der Waals surface area contributed by atoms with Crippen LogP contribution in [0.25, 0.3) is 11.3 Å². The van der Waals surface area contributed by atoms with Gasteiger partial charge in [0.25, 0.3) is 0 Å². The molecule has 19 heavy (non-hydrogen) atoms. The van der Waals surface area contributed by atoms with Gasteiger partial charge >= 0.3 is 5.97 Å². The molecule has 2 rings (SSSR count). The number of nitrogens with zero attached hydrogens (tertiary/aromatic N) is 2. The lowest BCUT2D eigenvalue weighted by molar-refractivity contribution is 0.0683. The van der Waals surface area contributed by atoms with Gasteiger partial charge in [0.15, 0.2) is 0 Å². The van der Waals surface area contributed by atoms with E-state index in [9.17, 15) is 4.79 Å². The summed E-state index contributed by atoms with van der Waals surface area (Å²) in [5.41, 5.74) is 3.49. The highest BCUT2D eigenvalue weighted by molar-refractivity contribution is 5.84. The third-order valence-corrected chi connectivity index (χ3v) is 2.94. The fourth-order valence-corrected chi connectivity index (χ4v) is 1.77. The highest BCUT2D eigenvalue weighted by Crippen LogP contribution is 2.31. The molecule has 0 saturated carbocycles. The molecule has 1 heterocycles. The minimum Gasteiger partial charge on any atom is -0.496 e. The van der Waals surface area contributed by atoms with Gasteiger partial charge in [-0.15, -0.1) is 0 Å². The molecule has 0 saturated heterocycles. The third-order valence-electron chi connectivity index (χ3n) is 2.94. The lowest BCUT2D eigenvalue weighted by atomic mass is 10.0. The number of carbonyl (C=O) groups is 1. The van der Waals surface area contributed by atoms with Crippen molar-refractivity contribution in [2.45, 2.75) is 13.8 Å². The maximum atomic E-state index is 10.9. The summed E-state index contributed by atoms with van der Waals surface area (Å²) in [4.78, 5) is 18.6. The van der Waals surface area contributed by atoms with Gasteiger partial charge in [0.1, 0.15) is 5.75 Å². The highest BCUT2D eigenvalue weighted by Gasteiger charge is 2.13. The summed E-state index contributed by atoms with van der Waals surface area (Å²) in [6.45, 7) is 3.97. The smallest absolute Gasteiger partial charge is 0.373 e. The molecule has 0 aliphatic heterocycles. The van der Waals surface area contributed by atoms with Crippen molar-refractivity contribution in [1.82, 2.24) is 9.97 Å². The van der Waals surface area contributed by atoms with E-state index in [1.807, 2.05) is 26.0 Å². The Morgan fingerprint density at radius 2 is 1.95 bits per heavy atom. The predicted molar refractivity (Wildman–Crippen MR) is 70.5 cm³/mol. The molecule has 1 aromatic heterocycles. The van der Waals surface area contributed by atoms with Gasteiger partial charge < -0.3 is 9.84 Å². The summed E-state index contributed by atoms with van der Waals surface area (Å²) in [6, 6.07) is 5.51. The van der Waals surface area contributed by atoms with Crippen molar-refractivity contribution in [1.29, 1.82) is 0 Å². The van der Waals surface area contributed by atoms with Gasteiger partial charge in [0.2, 0.25) is 5.82 Å². The zero-order chi connectivity index (χ0) is 14.0. The van der Waals surface area contributed by atoms with E-state index < -0.39 is 5.97 Å². The van der Waals surface area contributed by atoms with Crippen LogP contribution in [-0.4, -0.2) is 28.2 Å². The number of benzene rings is 1. The molecule has 0 bridgehead atoms. The molecule has 0 aliphatic rings. The molecule has 5 heteroatoms. The minimum atomic E-state index is -1.15. The van der Waals surface area contributed by atoms with Crippen molar-refractivity contribution < 1.29 is 14.6 Å². The molecule has 1 aromatic carbocycles. The van der Waals surface area contributed by atoms with Crippen molar-refractivity contribution in [3.63, 3.8) is 0 Å². The zero-order valence-electron chi connectivity index (χ0n) is 11.0. The first-order chi connectivity index (χ1) is 9.02. The number of carboxylic acids is 1. The van der Waals surface area contributed by atoms with E-state index in [4.69, 9.17) is 9.84 Å². The molecule has 0 unspecified atom stereocenters. The van der Waals surface area contributed by atoms with E-state index in [2.05, 4.69) is 9.97 Å². The number of ether oxygens (including phenoxy) is 1. The maximum absolute atomic E-state index is 10.9. The Kier molecular flexibility index (Phi) is 3.46. The largest absolute Gasteiger partial charge is 0.496 e. The molecule has 0 atom stereocenters. The number of aromatic carboxylic acids is 1. The second-order valence-corrected chi connectivity index (χ2v) is 4.21. The molecule has 0 amide bonds. The van der Waals surface area contributed by atoms with Gasteiger partial charge in [-0.3, -0.25) is 0 Å². The Labute approximate surface area is 110 Å². The van der Waals surface area contributed by atoms with Gasteiger partial charge in [0.05, 0.1) is 12.8 Å². The minimum absolute atomic E-state index is 0.224. The average molecular weight is 258 g/mol. The molecule has 1 N–H and O–H groups in total. The van der Waals surface area contributed by atoms with Gasteiger partial charge in [-0.25, -0.2) is 14.8 Å². The monoisotopic (exact) mass is 258 g/mol. The summed E-state index contributed by atoms with van der Waals surface area (Å²) in [5.74, 6) is -0.708. The first kappa shape index (κ1) is 13.0. The van der Waals surface area contributed by atoms with Crippen LogP contribution >= 0.6 is 0 Å². The number of methoxy groups -OCH3 is 1. The lowest BCUT2D eigenvalue weighted by Crippen LogP contribution is -2.04. The number of aryl methyl sites for hydroxylation is 2. The Morgan fingerprint density at radius 1 is 1.26 bits per heavy atom. The van der Waals surface area contributed by atoms with Crippen molar-refractivity contribution in [3.8, 4) is 17.0 Å². The molecule has 0 aliphatic carbocycles. The summed E-state index contributed by atoms with van der Waals surface area (Å²) >= 11 is 0. The van der Waals surface area contributed by atoms with Gasteiger partial charge in [-0.2, -0.15) is 0 Å². The molecular formula is C14H14N2O3. The van der Waals surface area contributed by atoms with Crippen LogP contribution in [0.3, 0.4) is 0 Å². The van der Waals surface area contributed by atoms with Crippen molar-refractivity contribution in [2.75, 3.05) is 7.11 Å². The van der Waals surface area contributed by atoms with Gasteiger partial charge in [-0.1, -0.05) is 0 Å². The van der Waals surface area contributed by atoms with Crippen LogP contribution in [0.5, 0.6) is 5.75 Å². The lowest BCUT2D eigenvalue weighted by Gasteiger charge is -2.11. The second kappa shape index (κ2) is 5.06. The molecule has 0 spiro atoms. The number of aromatic nitrogens is 2. The Morgan fingerprint density at radius 3 is 2.58 bits per heavy atom. The van der Waals surface area contributed by atoms with Crippen LogP contribution < -0.4 is 4.74 Å². The first-order valence-electron chi connectivity index (χ1n) is 5.75. The van der Waals surface area contributed by atoms with Crippen molar-refractivity contribution >= 4 is 5.97 Å². The molecule has 2 aromatic rings. The summed E-state index contributed by atoms with van der Waals surface area (Å²) in [7, 11) is 1.58. The topological polar surface area (TPSA) is 72.3 Å². The average Bonchev–Trinajstić information content (AvgIpc) is 2.41. The molecular weight excluding hydrogens is 244 g/mol. The van der Waals surface area contributed by atoms with Crippen LogP contribution in [0, 0.1) is 13.8 Å². The van der Waals surface area contributed by atoms with Crippen LogP contribution in [0.4, 0.5) is 0 Å². The first-order valence-corrected chi connectivity index (χ1v) is 5.75. The summed E-state index contributed by atoms with van der Waals surface area (Å²) in [5, 5.41) is 8.93. The molecule has 5 nitrogen and oxygen atoms in total. The quantitative estimate of drug-likeness (QED) is 0.915. The summed E-state index contributed by atoms with van der Waals surface area (Å²) < 4.78 is 5.33. The Bertz CT molecular complexity index is 639. The number of rotatable bonds is 3. The van der Waals surface area contributed by atoms with Gasteiger partial charge in [0, 0.05) is 11.8 Å². The van der Waals surface area contributed by atoms with E-state index >= 15 is 0 Å². The van der Waals surface area contributed by atoms with E-state index in [1.54, 1.807) is 13.2 Å². The molecule has 0 fully saturated rings. The molecule has 0 radical (unpaired) electrons. The van der Waals surface area contributed by atoms with E-state index in [0.29, 0.717) is 11.4 Å². The third kappa shape index (κ3) is 2.54. The van der Waals surface area contributed by atoms with Crippen molar-refractivity contribution in [2.24, 2.45) is 0 Å². The summed E-state index contributed by atoms with van der Waals surface area (Å²) in [6.07, 6.45) is 1.43. The van der Waals surface area contributed by atoms with Crippen LogP contribution in [0.1, 0.15) is 21.7 Å².